The summed E-state index contributed by atoms with van der Waals surface area (Å²) in [6.07, 6.45) is 1.96. The number of nitrogens with zero attached hydrogens (tertiary/aromatic N) is 1. The van der Waals surface area contributed by atoms with Crippen molar-refractivity contribution in [1.29, 1.82) is 0 Å². The average molecular weight is 562 g/mol. The van der Waals surface area contributed by atoms with Gasteiger partial charge in [0.15, 0.2) is 5.54 Å². The molecule has 40 heavy (non-hydrogen) atoms. The van der Waals surface area contributed by atoms with Crippen LogP contribution in [0.15, 0.2) is 91.0 Å². The molecule has 0 aliphatic rings. The smallest absolute Gasteiger partial charge is 0.332 e. The van der Waals surface area contributed by atoms with Gasteiger partial charge in [0.1, 0.15) is 0 Å². The Bertz CT molecular complexity index is 1170. The van der Waals surface area contributed by atoms with Crippen molar-refractivity contribution in [3.05, 3.63) is 96.6 Å². The Kier molecular flexibility index (Phi) is 10.9. The quantitative estimate of drug-likeness (QED) is 0.153. The molecule has 0 aromatic heterocycles. The number of rotatable bonds is 13. The van der Waals surface area contributed by atoms with Gasteiger partial charge in [-0.25, -0.2) is 4.79 Å². The second-order valence-corrected chi connectivity index (χ2v) is 15.5. The maximum atomic E-state index is 13.9. The highest BCUT2D eigenvalue weighted by Crippen LogP contribution is 2.39. The van der Waals surface area contributed by atoms with Crippen LogP contribution in [-0.4, -0.2) is 44.6 Å². The third kappa shape index (κ3) is 6.89. The van der Waals surface area contributed by atoms with E-state index in [1.165, 1.54) is 19.1 Å². The van der Waals surface area contributed by atoms with E-state index >= 15 is 0 Å². The molecule has 0 aliphatic carbocycles. The molecule has 0 saturated heterocycles. The first kappa shape index (κ1) is 31.3. The van der Waals surface area contributed by atoms with Gasteiger partial charge in [-0.1, -0.05) is 132 Å². The summed E-state index contributed by atoms with van der Waals surface area (Å²) >= 11 is 0. The first-order chi connectivity index (χ1) is 19.1. The summed E-state index contributed by atoms with van der Waals surface area (Å²) in [6, 6.07) is 30.2. The van der Waals surface area contributed by atoms with E-state index in [9.17, 15) is 9.59 Å². The molecule has 0 aliphatic heterocycles. The topological polar surface area (TPSA) is 65.1 Å². The molecule has 0 amide bonds. The number of esters is 1. The zero-order valence-corrected chi connectivity index (χ0v) is 25.7. The minimum atomic E-state index is -3.01. The highest BCUT2D eigenvalue weighted by atomic mass is 28.4. The first-order valence-electron chi connectivity index (χ1n) is 13.9. The van der Waals surface area contributed by atoms with E-state index in [0.29, 0.717) is 12.8 Å². The van der Waals surface area contributed by atoms with E-state index in [1.807, 2.05) is 66.7 Å². The number of unbranched alkanes of at least 4 members (excludes halogenated alkanes) is 1. The van der Waals surface area contributed by atoms with Crippen LogP contribution in [0.2, 0.25) is 5.04 Å². The standard InChI is InChI=1S/C33H43NO5Si/c1-7-8-24-33(31(36)37-6,34(39-27(2)35)25-28-18-12-9-13-19-28)26-38-40(32(3,4)5,29-20-14-10-15-21-29)30-22-16-11-17-23-30/h9-23H,7-8,24-26H2,1-6H3/t33-/m1/s1. The van der Waals surface area contributed by atoms with Crippen LogP contribution in [0.5, 0.6) is 0 Å². The summed E-state index contributed by atoms with van der Waals surface area (Å²) < 4.78 is 12.7. The van der Waals surface area contributed by atoms with E-state index in [1.54, 1.807) is 0 Å². The minimum absolute atomic E-state index is 0.00688. The third-order valence-electron chi connectivity index (χ3n) is 7.34. The minimum Gasteiger partial charge on any atom is -0.467 e. The van der Waals surface area contributed by atoms with Gasteiger partial charge in [-0.15, -0.1) is 5.06 Å². The first-order valence-corrected chi connectivity index (χ1v) is 15.8. The van der Waals surface area contributed by atoms with Crippen molar-refractivity contribution in [2.24, 2.45) is 0 Å². The summed E-state index contributed by atoms with van der Waals surface area (Å²) in [4.78, 5) is 32.1. The van der Waals surface area contributed by atoms with Crippen molar-refractivity contribution < 1.29 is 23.6 Å². The highest BCUT2D eigenvalue weighted by Gasteiger charge is 2.55. The van der Waals surface area contributed by atoms with Gasteiger partial charge in [-0.05, 0) is 27.4 Å². The Morgan fingerprint density at radius 3 is 1.75 bits per heavy atom. The van der Waals surface area contributed by atoms with E-state index in [2.05, 4.69) is 52.0 Å². The summed E-state index contributed by atoms with van der Waals surface area (Å²) in [5.74, 6) is -0.998. The molecule has 3 aromatic carbocycles. The molecule has 1 atom stereocenters. The van der Waals surface area contributed by atoms with Crippen molar-refractivity contribution in [2.75, 3.05) is 13.7 Å². The number of carbonyl (C=O) groups is 2. The Labute approximate surface area is 240 Å². The van der Waals surface area contributed by atoms with Crippen LogP contribution >= 0.6 is 0 Å². The normalized spacial score (nSPS) is 13.5. The molecule has 0 spiro atoms. The maximum absolute atomic E-state index is 13.9. The zero-order chi connectivity index (χ0) is 29.2. The number of ether oxygens (including phenoxy) is 1. The van der Waals surface area contributed by atoms with Crippen molar-refractivity contribution in [2.45, 2.75) is 71.0 Å². The average Bonchev–Trinajstić information content (AvgIpc) is 2.95. The molecule has 3 rings (SSSR count). The fourth-order valence-corrected chi connectivity index (χ4v) is 9.97. The lowest BCUT2D eigenvalue weighted by molar-refractivity contribution is -0.237. The maximum Gasteiger partial charge on any atom is 0.332 e. The molecule has 6 nitrogen and oxygen atoms in total. The molecule has 0 unspecified atom stereocenters. The van der Waals surface area contributed by atoms with E-state index < -0.39 is 25.8 Å². The van der Waals surface area contributed by atoms with Crippen molar-refractivity contribution >= 4 is 30.6 Å². The monoisotopic (exact) mass is 561 g/mol. The number of hydroxylamine groups is 2. The van der Waals surface area contributed by atoms with Gasteiger partial charge >= 0.3 is 11.9 Å². The molecule has 0 saturated carbocycles. The van der Waals surface area contributed by atoms with E-state index in [-0.39, 0.29) is 18.2 Å². The molecular formula is C33H43NO5Si. The second kappa shape index (κ2) is 13.9. The summed E-state index contributed by atoms with van der Waals surface area (Å²) in [5.41, 5.74) is -0.460. The van der Waals surface area contributed by atoms with E-state index in [0.717, 1.165) is 22.4 Å². The van der Waals surface area contributed by atoms with Crippen LogP contribution in [0.3, 0.4) is 0 Å². The number of hydrogen-bond acceptors (Lipinski definition) is 6. The Balaban J connectivity index is 2.22. The Morgan fingerprint density at radius 2 is 1.32 bits per heavy atom. The predicted molar refractivity (Wildman–Crippen MR) is 162 cm³/mol. The molecular weight excluding hydrogens is 518 g/mol. The van der Waals surface area contributed by atoms with Gasteiger partial charge in [-0.2, -0.15) is 0 Å². The summed E-state index contributed by atoms with van der Waals surface area (Å²) in [6.45, 7) is 10.2. The van der Waals surface area contributed by atoms with Crippen molar-refractivity contribution in [1.82, 2.24) is 5.06 Å². The molecule has 0 radical (unpaired) electrons. The lowest BCUT2D eigenvalue weighted by Gasteiger charge is -2.46. The Morgan fingerprint density at radius 1 is 0.825 bits per heavy atom. The van der Waals surface area contributed by atoms with Gasteiger partial charge < -0.3 is 14.0 Å². The van der Waals surface area contributed by atoms with Gasteiger partial charge in [0.25, 0.3) is 8.32 Å². The van der Waals surface area contributed by atoms with Gasteiger partial charge in [0.05, 0.1) is 20.3 Å². The summed E-state index contributed by atoms with van der Waals surface area (Å²) in [5, 5.41) is 3.40. The van der Waals surface area contributed by atoms with Gasteiger partial charge in [0.2, 0.25) is 0 Å². The molecule has 7 heteroatoms. The second-order valence-electron chi connectivity index (χ2n) is 11.2. The van der Waals surface area contributed by atoms with Crippen LogP contribution in [-0.2, 0) is 30.1 Å². The predicted octanol–water partition coefficient (Wildman–Crippen LogP) is 5.65. The Hall–Kier alpha value is -3.26. The molecule has 0 N–H and O–H groups in total. The number of hydrogen-bond donors (Lipinski definition) is 0. The molecule has 0 fully saturated rings. The zero-order valence-electron chi connectivity index (χ0n) is 24.7. The van der Waals surface area contributed by atoms with E-state index in [4.69, 9.17) is 14.0 Å². The lowest BCUT2D eigenvalue weighted by atomic mass is 9.92. The van der Waals surface area contributed by atoms with Crippen molar-refractivity contribution in [3.8, 4) is 0 Å². The van der Waals surface area contributed by atoms with Crippen LogP contribution in [0.25, 0.3) is 0 Å². The number of methoxy groups -OCH3 is 1. The number of carbonyl (C=O) groups excluding carboxylic acids is 2. The van der Waals surface area contributed by atoms with Crippen LogP contribution < -0.4 is 10.4 Å². The molecule has 3 aromatic rings. The third-order valence-corrected chi connectivity index (χ3v) is 12.3. The fourth-order valence-electron chi connectivity index (χ4n) is 5.36. The van der Waals surface area contributed by atoms with Crippen molar-refractivity contribution in [3.63, 3.8) is 0 Å². The largest absolute Gasteiger partial charge is 0.467 e. The highest BCUT2D eigenvalue weighted by molar-refractivity contribution is 6.99. The summed E-state index contributed by atoms with van der Waals surface area (Å²) in [7, 11) is -1.63. The van der Waals surface area contributed by atoms with Gasteiger partial charge in [-0.3, -0.25) is 4.79 Å². The van der Waals surface area contributed by atoms with Crippen LogP contribution in [0.4, 0.5) is 0 Å². The van der Waals surface area contributed by atoms with Crippen LogP contribution in [0, 0.1) is 0 Å². The van der Waals surface area contributed by atoms with Gasteiger partial charge in [0, 0.05) is 6.92 Å². The molecule has 214 valence electrons. The van der Waals surface area contributed by atoms with Crippen LogP contribution in [0.1, 0.15) is 59.4 Å². The molecule has 0 heterocycles. The fraction of sp³-hybridized carbons (Fsp3) is 0.394. The number of benzene rings is 3. The SMILES string of the molecule is CCCC[C@@](CO[Si](c1ccccc1)(c1ccccc1)C(C)(C)C)(C(=O)OC)N(Cc1ccccc1)OC(C)=O. The molecule has 0 bridgehead atoms. The lowest BCUT2D eigenvalue weighted by Crippen LogP contribution is -2.69.